The van der Waals surface area contributed by atoms with Gasteiger partial charge in [-0.2, -0.15) is 0 Å². The minimum atomic E-state index is -0.330. The molecule has 1 aromatic heterocycles. The van der Waals surface area contributed by atoms with Crippen molar-refractivity contribution in [2.75, 3.05) is 0 Å². The third kappa shape index (κ3) is 1.32. The van der Waals surface area contributed by atoms with E-state index in [2.05, 4.69) is 4.98 Å². The van der Waals surface area contributed by atoms with Crippen LogP contribution in [0.1, 0.15) is 11.3 Å². The third-order valence-corrected chi connectivity index (χ3v) is 3.49. The van der Waals surface area contributed by atoms with Crippen LogP contribution in [0.3, 0.4) is 0 Å². The summed E-state index contributed by atoms with van der Waals surface area (Å²) < 4.78 is 0. The molecule has 4 heteroatoms. The van der Waals surface area contributed by atoms with E-state index in [1.807, 2.05) is 32.0 Å². The van der Waals surface area contributed by atoms with Gasteiger partial charge in [0.2, 0.25) is 0 Å². The predicted octanol–water partition coefficient (Wildman–Crippen LogP) is 3.85. The third-order valence-electron chi connectivity index (χ3n) is 3.49. The van der Waals surface area contributed by atoms with Gasteiger partial charge in [-0.15, -0.1) is 0 Å². The van der Waals surface area contributed by atoms with Gasteiger partial charge in [0.25, 0.3) is 5.69 Å². The molecule has 2 aromatic carbocycles. The molecule has 0 unspecified atom stereocenters. The molecule has 0 spiro atoms. The van der Waals surface area contributed by atoms with Gasteiger partial charge in [0, 0.05) is 22.7 Å². The zero-order valence-corrected chi connectivity index (χ0v) is 10.2. The average Bonchev–Trinajstić information content (AvgIpc) is 2.64. The first-order chi connectivity index (χ1) is 8.59. The van der Waals surface area contributed by atoms with Crippen molar-refractivity contribution in [3.05, 3.63) is 51.7 Å². The van der Waals surface area contributed by atoms with Crippen molar-refractivity contribution in [1.82, 2.24) is 4.98 Å². The van der Waals surface area contributed by atoms with Crippen molar-refractivity contribution >= 4 is 27.4 Å². The summed E-state index contributed by atoms with van der Waals surface area (Å²) in [6, 6.07) is 8.94. The monoisotopic (exact) mass is 240 g/mol. The second-order valence-electron chi connectivity index (χ2n) is 4.49. The lowest BCUT2D eigenvalue weighted by atomic mass is 10.0. The van der Waals surface area contributed by atoms with Crippen LogP contribution >= 0.6 is 0 Å². The van der Waals surface area contributed by atoms with E-state index < -0.39 is 0 Å². The van der Waals surface area contributed by atoms with E-state index in [0.717, 1.165) is 27.5 Å². The number of aryl methyl sites for hydroxylation is 2. The Balaban J connectivity index is 2.56. The molecule has 0 fully saturated rings. The Morgan fingerprint density at radius 3 is 2.61 bits per heavy atom. The summed E-state index contributed by atoms with van der Waals surface area (Å²) in [7, 11) is 0. The van der Waals surface area contributed by atoms with Gasteiger partial charge in [-0.3, -0.25) is 10.1 Å². The maximum Gasteiger partial charge on any atom is 0.277 e. The number of nitro groups is 1. The normalized spacial score (nSPS) is 11.2. The lowest BCUT2D eigenvalue weighted by molar-refractivity contribution is -0.383. The van der Waals surface area contributed by atoms with Gasteiger partial charge < -0.3 is 4.98 Å². The Morgan fingerprint density at radius 2 is 1.89 bits per heavy atom. The Hall–Kier alpha value is -2.36. The van der Waals surface area contributed by atoms with Crippen LogP contribution in [0.5, 0.6) is 0 Å². The molecule has 0 radical (unpaired) electrons. The summed E-state index contributed by atoms with van der Waals surface area (Å²) in [5.41, 5.74) is 3.44. The first-order valence-corrected chi connectivity index (χ1v) is 5.74. The van der Waals surface area contributed by atoms with E-state index in [4.69, 9.17) is 0 Å². The highest BCUT2D eigenvalue weighted by Gasteiger charge is 2.15. The van der Waals surface area contributed by atoms with Crippen LogP contribution in [0, 0.1) is 24.0 Å². The van der Waals surface area contributed by atoms with E-state index in [9.17, 15) is 10.1 Å². The fourth-order valence-corrected chi connectivity index (χ4v) is 2.49. The molecule has 0 bridgehead atoms. The van der Waals surface area contributed by atoms with E-state index in [-0.39, 0.29) is 10.6 Å². The van der Waals surface area contributed by atoms with Gasteiger partial charge in [-0.1, -0.05) is 12.1 Å². The zero-order valence-electron chi connectivity index (χ0n) is 10.2. The van der Waals surface area contributed by atoms with Crippen LogP contribution in [0.4, 0.5) is 5.69 Å². The van der Waals surface area contributed by atoms with Crippen molar-refractivity contribution in [3.8, 4) is 0 Å². The quantitative estimate of drug-likeness (QED) is 0.518. The van der Waals surface area contributed by atoms with E-state index in [1.165, 1.54) is 0 Å². The molecule has 0 aliphatic carbocycles. The van der Waals surface area contributed by atoms with Crippen LogP contribution in [-0.2, 0) is 0 Å². The highest BCUT2D eigenvalue weighted by Crippen LogP contribution is 2.33. The Kier molecular flexibility index (Phi) is 2.13. The summed E-state index contributed by atoms with van der Waals surface area (Å²) in [4.78, 5) is 14.0. The summed E-state index contributed by atoms with van der Waals surface area (Å²) in [5, 5.41) is 13.7. The molecular weight excluding hydrogens is 228 g/mol. The van der Waals surface area contributed by atoms with Gasteiger partial charge in [0.1, 0.15) is 0 Å². The summed E-state index contributed by atoms with van der Waals surface area (Å²) in [6.45, 7) is 4.05. The van der Waals surface area contributed by atoms with E-state index in [0.29, 0.717) is 5.39 Å². The predicted molar refractivity (Wildman–Crippen MR) is 71.9 cm³/mol. The number of H-pyrrole nitrogens is 1. The van der Waals surface area contributed by atoms with Gasteiger partial charge >= 0.3 is 0 Å². The fourth-order valence-electron chi connectivity index (χ4n) is 2.49. The Bertz CT molecular complexity index is 787. The molecule has 3 rings (SSSR count). The summed E-state index contributed by atoms with van der Waals surface area (Å²) in [5.74, 6) is 0. The molecule has 18 heavy (non-hydrogen) atoms. The lowest BCUT2D eigenvalue weighted by Crippen LogP contribution is -1.89. The zero-order chi connectivity index (χ0) is 12.9. The molecule has 1 N–H and O–H groups in total. The number of non-ortho nitro benzene ring substituents is 1. The number of nitro benzene ring substituents is 1. The summed E-state index contributed by atoms with van der Waals surface area (Å²) in [6.07, 6.45) is 0. The number of nitrogens with zero attached hydrogens (tertiary/aromatic N) is 1. The minimum Gasteiger partial charge on any atom is -0.358 e. The van der Waals surface area contributed by atoms with Crippen molar-refractivity contribution in [3.63, 3.8) is 0 Å². The van der Waals surface area contributed by atoms with Crippen molar-refractivity contribution < 1.29 is 4.92 Å². The molecule has 3 aromatic rings. The number of aromatic amines is 1. The smallest absolute Gasteiger partial charge is 0.277 e. The Labute approximate surface area is 103 Å². The van der Waals surface area contributed by atoms with E-state index >= 15 is 0 Å². The fraction of sp³-hybridized carbons (Fsp3) is 0.143. The highest BCUT2D eigenvalue weighted by atomic mass is 16.6. The maximum atomic E-state index is 11.0. The van der Waals surface area contributed by atoms with Crippen LogP contribution < -0.4 is 0 Å². The van der Waals surface area contributed by atoms with Gasteiger partial charge in [0.05, 0.1) is 10.3 Å². The molecule has 0 aliphatic rings. The number of hydrogen-bond donors (Lipinski definition) is 1. The molecule has 1 heterocycles. The molecular formula is C14H12N2O2. The van der Waals surface area contributed by atoms with Gasteiger partial charge in [-0.05, 0) is 36.9 Å². The van der Waals surface area contributed by atoms with Crippen molar-refractivity contribution in [2.45, 2.75) is 13.8 Å². The molecule has 0 saturated heterocycles. The number of fused-ring (bicyclic) bond motifs is 3. The number of aromatic nitrogens is 1. The Morgan fingerprint density at radius 1 is 1.11 bits per heavy atom. The number of rotatable bonds is 1. The number of nitrogens with one attached hydrogen (secondary N) is 1. The first-order valence-electron chi connectivity index (χ1n) is 5.74. The van der Waals surface area contributed by atoms with Gasteiger partial charge in [0.15, 0.2) is 0 Å². The van der Waals surface area contributed by atoms with Crippen molar-refractivity contribution in [2.24, 2.45) is 0 Å². The second kappa shape index (κ2) is 3.57. The van der Waals surface area contributed by atoms with Crippen LogP contribution in [-0.4, -0.2) is 9.91 Å². The minimum absolute atomic E-state index is 0.160. The second-order valence-corrected chi connectivity index (χ2v) is 4.49. The number of hydrogen-bond acceptors (Lipinski definition) is 2. The maximum absolute atomic E-state index is 11.0. The molecule has 4 nitrogen and oxygen atoms in total. The molecule has 90 valence electrons. The molecule has 0 amide bonds. The average molecular weight is 240 g/mol. The standard InChI is InChI=1S/C14H12N2O2/c1-8-9(2)15-12-7-6-10-11(14(8)12)4-3-5-13(10)16(17)18/h3-7,15H,1-2H3. The van der Waals surface area contributed by atoms with Crippen LogP contribution in [0.25, 0.3) is 21.7 Å². The molecule has 0 atom stereocenters. The molecule has 0 saturated carbocycles. The first kappa shape index (κ1) is 10.8. The lowest BCUT2D eigenvalue weighted by Gasteiger charge is -2.02. The highest BCUT2D eigenvalue weighted by molar-refractivity contribution is 6.11. The van der Waals surface area contributed by atoms with E-state index in [1.54, 1.807) is 12.1 Å². The topological polar surface area (TPSA) is 58.9 Å². The van der Waals surface area contributed by atoms with Crippen molar-refractivity contribution in [1.29, 1.82) is 0 Å². The van der Waals surface area contributed by atoms with Crippen LogP contribution in [0.2, 0.25) is 0 Å². The molecule has 0 aliphatic heterocycles. The largest absolute Gasteiger partial charge is 0.358 e. The van der Waals surface area contributed by atoms with Gasteiger partial charge in [-0.25, -0.2) is 0 Å². The van der Waals surface area contributed by atoms with Crippen LogP contribution in [0.15, 0.2) is 30.3 Å². The summed E-state index contributed by atoms with van der Waals surface area (Å²) >= 11 is 0. The SMILES string of the molecule is Cc1[nH]c2ccc3c([N+](=O)[O-])cccc3c2c1C. The number of benzene rings is 2.